The number of carbonyl (C=O) groups excluding carboxylic acids is 1. The molecule has 0 saturated carbocycles. The van der Waals surface area contributed by atoms with E-state index < -0.39 is 0 Å². The van der Waals surface area contributed by atoms with Gasteiger partial charge in [0.05, 0.1) is 0 Å². The molecule has 1 aliphatic heterocycles. The lowest BCUT2D eigenvalue weighted by Gasteiger charge is -2.39. The molecule has 1 aliphatic rings. The van der Waals surface area contributed by atoms with Crippen molar-refractivity contribution in [2.24, 2.45) is 5.92 Å². The number of nitrogens with zero attached hydrogens (tertiary/aromatic N) is 2. The predicted molar refractivity (Wildman–Crippen MR) is 118 cm³/mol. The second kappa shape index (κ2) is 9.38. The van der Waals surface area contributed by atoms with Crippen LogP contribution in [0, 0.1) is 19.8 Å². The normalized spacial score (nSPS) is 15.8. The van der Waals surface area contributed by atoms with E-state index in [0.717, 1.165) is 38.2 Å². The molecular formula is C25H34N2O. The van der Waals surface area contributed by atoms with Gasteiger partial charge in [-0.25, -0.2) is 0 Å². The highest BCUT2D eigenvalue weighted by molar-refractivity contribution is 5.94. The molecule has 1 saturated heterocycles. The molecule has 0 bridgehead atoms. The third kappa shape index (κ3) is 5.45. The lowest BCUT2D eigenvalue weighted by molar-refractivity contribution is -0.120. The Labute approximate surface area is 170 Å². The summed E-state index contributed by atoms with van der Waals surface area (Å²) in [6, 6.07) is 17.5. The average molecular weight is 379 g/mol. The molecule has 1 amide bonds. The number of rotatable bonds is 6. The van der Waals surface area contributed by atoms with Crippen molar-refractivity contribution in [2.75, 3.05) is 18.0 Å². The van der Waals surface area contributed by atoms with E-state index in [1.807, 2.05) is 0 Å². The largest absolute Gasteiger partial charge is 0.309 e. The molecule has 2 aromatic rings. The Morgan fingerprint density at radius 2 is 1.50 bits per heavy atom. The Morgan fingerprint density at radius 3 is 2.04 bits per heavy atom. The number of carbonyl (C=O) groups is 1. The van der Waals surface area contributed by atoms with Gasteiger partial charge < -0.3 is 4.90 Å². The zero-order valence-electron chi connectivity index (χ0n) is 17.8. The molecule has 1 heterocycles. The number of piperidine rings is 1. The standard InChI is InChI=1S/C25H34N2O/c1-19(2)17-25(28)27(23-11-7-21(4)8-12-23)24-13-15-26(16-14-24)18-22-9-5-20(3)6-10-22/h5-12,19,24H,13-18H2,1-4H3. The van der Waals surface area contributed by atoms with Gasteiger partial charge in [0, 0.05) is 37.8 Å². The fourth-order valence-electron chi connectivity index (χ4n) is 4.00. The molecule has 3 rings (SSSR count). The minimum absolute atomic E-state index is 0.260. The summed E-state index contributed by atoms with van der Waals surface area (Å²) < 4.78 is 0. The van der Waals surface area contributed by atoms with Gasteiger partial charge in [0.15, 0.2) is 0 Å². The second-order valence-corrected chi connectivity index (χ2v) is 8.69. The number of anilines is 1. The van der Waals surface area contributed by atoms with Crippen molar-refractivity contribution in [1.29, 1.82) is 0 Å². The Hall–Kier alpha value is -2.13. The van der Waals surface area contributed by atoms with Crippen LogP contribution in [0.2, 0.25) is 0 Å². The summed E-state index contributed by atoms with van der Waals surface area (Å²) >= 11 is 0. The lowest BCUT2D eigenvalue weighted by atomic mass is 9.99. The maximum absolute atomic E-state index is 13.1. The summed E-state index contributed by atoms with van der Waals surface area (Å²) in [5.74, 6) is 0.637. The monoisotopic (exact) mass is 378 g/mol. The van der Waals surface area contributed by atoms with E-state index in [9.17, 15) is 4.79 Å². The molecule has 0 radical (unpaired) electrons. The van der Waals surface area contributed by atoms with Crippen LogP contribution in [0.5, 0.6) is 0 Å². The van der Waals surface area contributed by atoms with Crippen LogP contribution < -0.4 is 4.90 Å². The fraction of sp³-hybridized carbons (Fsp3) is 0.480. The van der Waals surface area contributed by atoms with Crippen LogP contribution in [0.1, 0.15) is 49.8 Å². The smallest absolute Gasteiger partial charge is 0.227 e. The minimum Gasteiger partial charge on any atom is -0.309 e. The number of likely N-dealkylation sites (tertiary alicyclic amines) is 1. The number of hydrogen-bond acceptors (Lipinski definition) is 2. The summed E-state index contributed by atoms with van der Waals surface area (Å²) in [6.45, 7) is 11.5. The Kier molecular flexibility index (Phi) is 6.90. The van der Waals surface area contributed by atoms with Crippen molar-refractivity contribution in [3.8, 4) is 0 Å². The topological polar surface area (TPSA) is 23.6 Å². The fourth-order valence-corrected chi connectivity index (χ4v) is 4.00. The molecule has 0 aromatic heterocycles. The van der Waals surface area contributed by atoms with Crippen molar-refractivity contribution < 1.29 is 4.79 Å². The Morgan fingerprint density at radius 1 is 0.964 bits per heavy atom. The van der Waals surface area contributed by atoms with Crippen LogP contribution in [0.4, 0.5) is 5.69 Å². The van der Waals surface area contributed by atoms with Crippen LogP contribution in [0.25, 0.3) is 0 Å². The van der Waals surface area contributed by atoms with E-state index in [2.05, 4.69) is 86.0 Å². The first-order valence-corrected chi connectivity index (χ1v) is 10.6. The van der Waals surface area contributed by atoms with E-state index in [4.69, 9.17) is 0 Å². The summed E-state index contributed by atoms with van der Waals surface area (Å²) in [6.07, 6.45) is 2.67. The van der Waals surface area contributed by atoms with Gasteiger partial charge in [0.1, 0.15) is 0 Å². The molecule has 2 aromatic carbocycles. The van der Waals surface area contributed by atoms with Gasteiger partial charge in [-0.3, -0.25) is 9.69 Å². The third-order valence-corrected chi connectivity index (χ3v) is 5.61. The van der Waals surface area contributed by atoms with Gasteiger partial charge in [-0.1, -0.05) is 61.4 Å². The van der Waals surface area contributed by atoms with Crippen molar-refractivity contribution in [3.05, 3.63) is 65.2 Å². The van der Waals surface area contributed by atoms with Crippen molar-refractivity contribution in [2.45, 2.75) is 59.5 Å². The van der Waals surface area contributed by atoms with Crippen LogP contribution in [-0.4, -0.2) is 29.9 Å². The van der Waals surface area contributed by atoms with Crippen LogP contribution in [0.15, 0.2) is 48.5 Å². The van der Waals surface area contributed by atoms with Crippen LogP contribution in [0.3, 0.4) is 0 Å². The molecule has 28 heavy (non-hydrogen) atoms. The zero-order valence-corrected chi connectivity index (χ0v) is 17.8. The summed E-state index contributed by atoms with van der Waals surface area (Å²) in [5, 5.41) is 0. The summed E-state index contributed by atoms with van der Waals surface area (Å²) in [7, 11) is 0. The molecule has 3 nitrogen and oxygen atoms in total. The second-order valence-electron chi connectivity index (χ2n) is 8.69. The molecule has 0 spiro atoms. The molecule has 0 unspecified atom stereocenters. The van der Waals surface area contributed by atoms with Crippen LogP contribution >= 0.6 is 0 Å². The minimum atomic E-state index is 0.260. The molecule has 1 fully saturated rings. The molecule has 0 N–H and O–H groups in total. The first-order chi connectivity index (χ1) is 13.4. The highest BCUT2D eigenvalue weighted by Gasteiger charge is 2.29. The highest BCUT2D eigenvalue weighted by Crippen LogP contribution is 2.26. The first kappa shape index (κ1) is 20.6. The summed E-state index contributed by atoms with van der Waals surface area (Å²) in [5.41, 5.74) is 4.95. The SMILES string of the molecule is Cc1ccc(CN2CCC(N(C(=O)CC(C)C)c3ccc(C)cc3)CC2)cc1. The van der Waals surface area contributed by atoms with Crippen molar-refractivity contribution >= 4 is 11.6 Å². The van der Waals surface area contributed by atoms with Crippen LogP contribution in [-0.2, 0) is 11.3 Å². The third-order valence-electron chi connectivity index (χ3n) is 5.61. The van der Waals surface area contributed by atoms with E-state index in [1.54, 1.807) is 0 Å². The molecular weight excluding hydrogens is 344 g/mol. The van der Waals surface area contributed by atoms with Gasteiger partial charge in [0.2, 0.25) is 5.91 Å². The van der Waals surface area contributed by atoms with Gasteiger partial charge in [0.25, 0.3) is 0 Å². The number of hydrogen-bond donors (Lipinski definition) is 0. The Balaban J connectivity index is 1.67. The number of amides is 1. The highest BCUT2D eigenvalue weighted by atomic mass is 16.2. The Bertz CT molecular complexity index is 756. The van der Waals surface area contributed by atoms with E-state index in [-0.39, 0.29) is 5.91 Å². The predicted octanol–water partition coefficient (Wildman–Crippen LogP) is 5.35. The van der Waals surface area contributed by atoms with Crippen molar-refractivity contribution in [3.63, 3.8) is 0 Å². The maximum atomic E-state index is 13.1. The summed E-state index contributed by atoms with van der Waals surface area (Å²) in [4.78, 5) is 17.7. The molecule has 3 heteroatoms. The van der Waals surface area contributed by atoms with Gasteiger partial charge in [-0.15, -0.1) is 0 Å². The zero-order chi connectivity index (χ0) is 20.1. The van der Waals surface area contributed by atoms with E-state index in [1.165, 1.54) is 16.7 Å². The number of aryl methyl sites for hydroxylation is 2. The van der Waals surface area contributed by atoms with E-state index in [0.29, 0.717) is 18.4 Å². The molecule has 0 aliphatic carbocycles. The van der Waals surface area contributed by atoms with Crippen molar-refractivity contribution in [1.82, 2.24) is 4.90 Å². The first-order valence-electron chi connectivity index (χ1n) is 10.6. The lowest BCUT2D eigenvalue weighted by Crippen LogP contribution is -2.47. The number of benzene rings is 2. The molecule has 150 valence electrons. The van der Waals surface area contributed by atoms with Gasteiger partial charge >= 0.3 is 0 Å². The quantitative estimate of drug-likeness (QED) is 0.677. The average Bonchev–Trinajstić information content (AvgIpc) is 2.66. The van der Waals surface area contributed by atoms with Gasteiger partial charge in [-0.05, 0) is 50.3 Å². The molecule has 0 atom stereocenters. The maximum Gasteiger partial charge on any atom is 0.227 e. The van der Waals surface area contributed by atoms with Gasteiger partial charge in [-0.2, -0.15) is 0 Å². The van der Waals surface area contributed by atoms with E-state index >= 15 is 0 Å².